The molecule has 0 saturated heterocycles. The zero-order chi connectivity index (χ0) is 18.0. The largest absolute Gasteiger partial charge is 0.488 e. The van der Waals surface area contributed by atoms with Gasteiger partial charge in [-0.15, -0.1) is 0 Å². The van der Waals surface area contributed by atoms with Gasteiger partial charge in [-0.25, -0.2) is 8.78 Å². The maximum absolute atomic E-state index is 13.9. The molecule has 0 heterocycles. The molecular weight excluding hydrogens is 322 g/mol. The number of rotatable bonds is 5. The molecule has 0 amide bonds. The number of hydrogen-bond donors (Lipinski definition) is 0. The van der Waals surface area contributed by atoms with Gasteiger partial charge in [-0.1, -0.05) is 38.1 Å². The molecule has 0 unspecified atom stereocenters. The molecule has 0 bridgehead atoms. The van der Waals surface area contributed by atoms with Gasteiger partial charge in [0.2, 0.25) is 0 Å². The molecule has 0 radical (unpaired) electrons. The van der Waals surface area contributed by atoms with Crippen molar-refractivity contribution < 1.29 is 18.3 Å². The second-order valence-corrected chi connectivity index (χ2v) is 6.17. The monoisotopic (exact) mass is 342 g/mol. The zero-order valence-corrected chi connectivity index (χ0v) is 14.5. The van der Waals surface area contributed by atoms with Crippen molar-refractivity contribution >= 4 is 10.8 Å². The van der Waals surface area contributed by atoms with E-state index in [0.29, 0.717) is 11.7 Å². The third-order valence-corrected chi connectivity index (χ3v) is 4.00. The van der Waals surface area contributed by atoms with Gasteiger partial charge in [0.25, 0.3) is 0 Å². The molecule has 0 fully saturated rings. The van der Waals surface area contributed by atoms with Gasteiger partial charge in [0, 0.05) is 12.1 Å². The van der Waals surface area contributed by atoms with Crippen molar-refractivity contribution in [2.75, 3.05) is 6.61 Å². The number of benzene rings is 3. The van der Waals surface area contributed by atoms with Crippen LogP contribution in [-0.4, -0.2) is 6.61 Å². The van der Waals surface area contributed by atoms with Crippen molar-refractivity contribution in [3.63, 3.8) is 0 Å². The first-order valence-corrected chi connectivity index (χ1v) is 8.31. The predicted octanol–water partition coefficient (Wildman–Crippen LogP) is 6.43. The Morgan fingerprint density at radius 3 is 2.12 bits per heavy atom. The molecule has 3 rings (SSSR count). The van der Waals surface area contributed by atoms with Gasteiger partial charge in [-0.2, -0.15) is 0 Å². The van der Waals surface area contributed by atoms with Gasteiger partial charge in [0.1, 0.15) is 11.5 Å². The van der Waals surface area contributed by atoms with Gasteiger partial charge in [-0.3, -0.25) is 0 Å². The maximum atomic E-state index is 13.9. The van der Waals surface area contributed by atoms with Crippen LogP contribution in [-0.2, 0) is 0 Å². The van der Waals surface area contributed by atoms with Crippen molar-refractivity contribution in [2.45, 2.75) is 26.7 Å². The summed E-state index contributed by atoms with van der Waals surface area (Å²) in [5, 5.41) is 2.11. The van der Waals surface area contributed by atoms with E-state index in [2.05, 4.69) is 26.0 Å². The molecular formula is C21H20F2O2. The summed E-state index contributed by atoms with van der Waals surface area (Å²) in [5.74, 6) is -0.868. The van der Waals surface area contributed by atoms with Gasteiger partial charge >= 0.3 is 0 Å². The van der Waals surface area contributed by atoms with Gasteiger partial charge in [0.05, 0.1) is 6.61 Å². The van der Waals surface area contributed by atoms with E-state index in [1.165, 1.54) is 5.56 Å². The molecule has 0 aromatic heterocycles. The van der Waals surface area contributed by atoms with Crippen LogP contribution in [0.15, 0.2) is 48.5 Å². The van der Waals surface area contributed by atoms with Crippen LogP contribution in [0.4, 0.5) is 8.78 Å². The minimum absolute atomic E-state index is 0.0941. The fourth-order valence-electron chi connectivity index (χ4n) is 2.68. The van der Waals surface area contributed by atoms with Crippen LogP contribution in [0.3, 0.4) is 0 Å². The van der Waals surface area contributed by atoms with E-state index < -0.39 is 11.6 Å². The fourth-order valence-corrected chi connectivity index (χ4v) is 2.68. The third kappa shape index (κ3) is 3.73. The molecule has 0 aliphatic rings. The molecule has 3 aromatic carbocycles. The summed E-state index contributed by atoms with van der Waals surface area (Å²) in [5.41, 5.74) is 1.26. The lowest BCUT2D eigenvalue weighted by atomic mass is 9.99. The Hall–Kier alpha value is -2.62. The molecule has 0 aliphatic heterocycles. The molecule has 0 aliphatic carbocycles. The van der Waals surface area contributed by atoms with Crippen LogP contribution in [0.5, 0.6) is 17.2 Å². The van der Waals surface area contributed by atoms with E-state index in [4.69, 9.17) is 9.47 Å². The Morgan fingerprint density at radius 1 is 0.840 bits per heavy atom. The van der Waals surface area contributed by atoms with E-state index in [-0.39, 0.29) is 18.1 Å². The highest BCUT2D eigenvalue weighted by Crippen LogP contribution is 2.32. The first-order valence-electron chi connectivity index (χ1n) is 8.31. The Kier molecular flexibility index (Phi) is 4.88. The Balaban J connectivity index is 1.89. The highest BCUT2D eigenvalue weighted by Gasteiger charge is 2.13. The van der Waals surface area contributed by atoms with Crippen LogP contribution in [0, 0.1) is 11.6 Å². The molecule has 2 nitrogen and oxygen atoms in total. The van der Waals surface area contributed by atoms with Crippen LogP contribution >= 0.6 is 0 Å². The van der Waals surface area contributed by atoms with Gasteiger partial charge < -0.3 is 9.47 Å². The minimum atomic E-state index is -0.779. The smallest absolute Gasteiger partial charge is 0.190 e. The SMILES string of the molecule is CCOc1c(F)cc(Oc2ccc3cc(C(C)C)ccc3c2)cc1F. The van der Waals surface area contributed by atoms with E-state index in [0.717, 1.165) is 22.9 Å². The van der Waals surface area contributed by atoms with Gasteiger partial charge in [0.15, 0.2) is 17.4 Å². The van der Waals surface area contributed by atoms with Crippen molar-refractivity contribution in [1.29, 1.82) is 0 Å². The average molecular weight is 342 g/mol. The van der Waals surface area contributed by atoms with Crippen LogP contribution in [0.2, 0.25) is 0 Å². The summed E-state index contributed by atoms with van der Waals surface area (Å²) < 4.78 is 38.4. The number of ether oxygens (including phenoxy) is 2. The Morgan fingerprint density at radius 2 is 1.48 bits per heavy atom. The lowest BCUT2D eigenvalue weighted by Crippen LogP contribution is -1.98. The third-order valence-electron chi connectivity index (χ3n) is 4.00. The van der Waals surface area contributed by atoms with Crippen molar-refractivity contribution in [2.24, 2.45) is 0 Å². The zero-order valence-electron chi connectivity index (χ0n) is 14.5. The molecule has 3 aromatic rings. The van der Waals surface area contributed by atoms with Crippen molar-refractivity contribution in [1.82, 2.24) is 0 Å². The summed E-state index contributed by atoms with van der Waals surface area (Å²) in [7, 11) is 0. The van der Waals surface area contributed by atoms with E-state index in [9.17, 15) is 8.78 Å². The minimum Gasteiger partial charge on any atom is -0.488 e. The second-order valence-electron chi connectivity index (χ2n) is 6.17. The lowest BCUT2D eigenvalue weighted by molar-refractivity contribution is 0.301. The van der Waals surface area contributed by atoms with E-state index in [1.807, 2.05) is 18.2 Å². The second kappa shape index (κ2) is 7.09. The molecule has 0 N–H and O–H groups in total. The molecule has 0 spiro atoms. The molecule has 130 valence electrons. The maximum Gasteiger partial charge on any atom is 0.190 e. The van der Waals surface area contributed by atoms with Crippen LogP contribution in [0.1, 0.15) is 32.3 Å². The molecule has 0 atom stereocenters. The van der Waals surface area contributed by atoms with E-state index in [1.54, 1.807) is 13.0 Å². The highest BCUT2D eigenvalue weighted by molar-refractivity contribution is 5.84. The van der Waals surface area contributed by atoms with Crippen LogP contribution in [0.25, 0.3) is 10.8 Å². The number of halogens is 2. The quantitative estimate of drug-likeness (QED) is 0.532. The topological polar surface area (TPSA) is 18.5 Å². The van der Waals surface area contributed by atoms with Crippen molar-refractivity contribution in [3.05, 3.63) is 65.7 Å². The number of fused-ring (bicyclic) bond motifs is 1. The molecule has 25 heavy (non-hydrogen) atoms. The summed E-state index contributed by atoms with van der Waals surface area (Å²) >= 11 is 0. The summed E-state index contributed by atoms with van der Waals surface area (Å²) in [6.07, 6.45) is 0. The molecule has 0 saturated carbocycles. The van der Waals surface area contributed by atoms with Crippen molar-refractivity contribution in [3.8, 4) is 17.2 Å². The molecule has 4 heteroatoms. The Bertz CT molecular complexity index is 881. The van der Waals surface area contributed by atoms with Gasteiger partial charge in [-0.05, 0) is 41.3 Å². The summed E-state index contributed by atoms with van der Waals surface area (Å²) in [6, 6.07) is 14.1. The van der Waals surface area contributed by atoms with E-state index >= 15 is 0 Å². The standard InChI is InChI=1S/C21H20F2O2/c1-4-24-21-19(22)11-18(12-20(21)23)25-17-8-7-15-9-14(13(2)3)5-6-16(15)10-17/h5-13H,4H2,1-3H3. The fraction of sp³-hybridized carbons (Fsp3) is 0.238. The van der Waals surface area contributed by atoms with Crippen LogP contribution < -0.4 is 9.47 Å². The first kappa shape index (κ1) is 17.2. The normalized spacial score (nSPS) is 11.1. The summed E-state index contributed by atoms with van der Waals surface area (Å²) in [4.78, 5) is 0. The predicted molar refractivity (Wildman–Crippen MR) is 95.6 cm³/mol. The highest BCUT2D eigenvalue weighted by atomic mass is 19.1. The lowest BCUT2D eigenvalue weighted by Gasteiger charge is -2.11. The Labute approximate surface area is 146 Å². The summed E-state index contributed by atoms with van der Waals surface area (Å²) in [6.45, 7) is 6.15. The first-order chi connectivity index (χ1) is 12.0. The number of hydrogen-bond acceptors (Lipinski definition) is 2. The average Bonchev–Trinajstić information content (AvgIpc) is 2.57.